The number of ether oxygens (including phenoxy) is 2. The van der Waals surface area contributed by atoms with E-state index in [2.05, 4.69) is 5.32 Å². The van der Waals surface area contributed by atoms with Crippen molar-refractivity contribution in [2.45, 2.75) is 50.4 Å². The van der Waals surface area contributed by atoms with Gasteiger partial charge in [-0.15, -0.1) is 0 Å². The lowest BCUT2D eigenvalue weighted by atomic mass is 9.95. The van der Waals surface area contributed by atoms with Gasteiger partial charge in [-0.05, 0) is 25.3 Å². The molecule has 134 valence electrons. The molecule has 2 aliphatic heterocycles. The van der Waals surface area contributed by atoms with E-state index in [1.54, 1.807) is 0 Å². The van der Waals surface area contributed by atoms with Crippen LogP contribution in [0.1, 0.15) is 44.1 Å². The molecule has 2 amide bonds. The highest BCUT2D eigenvalue weighted by Crippen LogP contribution is 2.44. The Morgan fingerprint density at radius 1 is 1.12 bits per heavy atom. The minimum Gasteiger partial charge on any atom is -0.352 e. The predicted molar refractivity (Wildman–Crippen MR) is 92.0 cm³/mol. The molecule has 0 bridgehead atoms. The number of fused-ring (bicyclic) bond motifs is 2. The van der Waals surface area contributed by atoms with Gasteiger partial charge in [0.05, 0.1) is 18.9 Å². The van der Waals surface area contributed by atoms with E-state index in [0.717, 1.165) is 32.1 Å². The molecule has 3 aliphatic rings. The van der Waals surface area contributed by atoms with Crippen LogP contribution in [0.3, 0.4) is 0 Å². The SMILES string of the molecule is O=C(CN1C(=O)C2(OCCCO2)c2ccccc21)NC1CCCCC1. The average Bonchev–Trinajstić information content (AvgIpc) is 2.86. The molecular weight excluding hydrogens is 320 g/mol. The van der Waals surface area contributed by atoms with E-state index in [1.165, 1.54) is 11.3 Å². The first-order valence-corrected chi connectivity index (χ1v) is 9.19. The van der Waals surface area contributed by atoms with Gasteiger partial charge in [0.1, 0.15) is 6.54 Å². The smallest absolute Gasteiger partial charge is 0.293 e. The number of amides is 2. The highest BCUT2D eigenvalue weighted by Gasteiger charge is 2.55. The van der Waals surface area contributed by atoms with Crippen molar-refractivity contribution in [2.75, 3.05) is 24.7 Å². The van der Waals surface area contributed by atoms with Crippen LogP contribution in [0.2, 0.25) is 0 Å². The van der Waals surface area contributed by atoms with Gasteiger partial charge in [-0.1, -0.05) is 37.5 Å². The molecule has 1 aromatic carbocycles. The number of benzene rings is 1. The van der Waals surface area contributed by atoms with E-state index in [1.807, 2.05) is 24.3 Å². The molecular formula is C19H24N2O4. The lowest BCUT2D eigenvalue weighted by Crippen LogP contribution is -2.50. The zero-order valence-corrected chi connectivity index (χ0v) is 14.3. The molecule has 6 heteroatoms. The number of para-hydroxylation sites is 1. The largest absolute Gasteiger partial charge is 0.352 e. The van der Waals surface area contributed by atoms with Gasteiger partial charge in [0, 0.05) is 11.6 Å². The molecule has 1 aliphatic carbocycles. The van der Waals surface area contributed by atoms with Gasteiger partial charge in [-0.25, -0.2) is 0 Å². The summed E-state index contributed by atoms with van der Waals surface area (Å²) in [6.45, 7) is 0.950. The van der Waals surface area contributed by atoms with Gasteiger partial charge < -0.3 is 14.8 Å². The van der Waals surface area contributed by atoms with Crippen LogP contribution in [0.5, 0.6) is 0 Å². The Morgan fingerprint density at radius 2 is 1.84 bits per heavy atom. The Balaban J connectivity index is 1.53. The molecule has 2 fully saturated rings. The number of anilines is 1. The molecule has 1 spiro atoms. The number of carbonyl (C=O) groups is 2. The van der Waals surface area contributed by atoms with Gasteiger partial charge in [0.25, 0.3) is 11.7 Å². The minimum atomic E-state index is -1.38. The van der Waals surface area contributed by atoms with Gasteiger partial charge in [0.2, 0.25) is 5.91 Å². The Hall–Kier alpha value is -1.92. The summed E-state index contributed by atoms with van der Waals surface area (Å²) in [5, 5.41) is 3.07. The number of rotatable bonds is 3. The van der Waals surface area contributed by atoms with Gasteiger partial charge in [-0.3, -0.25) is 14.5 Å². The molecule has 0 unspecified atom stereocenters. The van der Waals surface area contributed by atoms with E-state index in [0.29, 0.717) is 24.5 Å². The third-order valence-corrected chi connectivity index (χ3v) is 5.25. The lowest BCUT2D eigenvalue weighted by Gasteiger charge is -2.32. The van der Waals surface area contributed by atoms with Gasteiger partial charge >= 0.3 is 0 Å². The van der Waals surface area contributed by atoms with E-state index in [9.17, 15) is 9.59 Å². The van der Waals surface area contributed by atoms with E-state index < -0.39 is 5.79 Å². The number of carbonyl (C=O) groups excluding carboxylic acids is 2. The van der Waals surface area contributed by atoms with Crippen molar-refractivity contribution in [3.63, 3.8) is 0 Å². The second kappa shape index (κ2) is 6.77. The minimum absolute atomic E-state index is 0.000810. The number of nitrogens with one attached hydrogen (secondary N) is 1. The molecule has 4 rings (SSSR count). The van der Waals surface area contributed by atoms with Gasteiger partial charge in [0.15, 0.2) is 0 Å². The predicted octanol–water partition coefficient (Wildman–Crippen LogP) is 2.07. The second-order valence-corrected chi connectivity index (χ2v) is 6.98. The van der Waals surface area contributed by atoms with Crippen molar-refractivity contribution in [1.82, 2.24) is 5.32 Å². The first-order chi connectivity index (χ1) is 12.2. The van der Waals surface area contributed by atoms with Crippen LogP contribution in [0.4, 0.5) is 5.69 Å². The topological polar surface area (TPSA) is 67.9 Å². The number of hydrogen-bond acceptors (Lipinski definition) is 4. The zero-order valence-electron chi connectivity index (χ0n) is 14.3. The first kappa shape index (κ1) is 16.5. The molecule has 1 saturated heterocycles. The molecule has 0 radical (unpaired) electrons. The van der Waals surface area contributed by atoms with Crippen molar-refractivity contribution < 1.29 is 19.1 Å². The summed E-state index contributed by atoms with van der Waals surface area (Å²) in [6, 6.07) is 7.64. The van der Waals surface area contributed by atoms with Crippen LogP contribution in [0.25, 0.3) is 0 Å². The van der Waals surface area contributed by atoms with Crippen LogP contribution >= 0.6 is 0 Å². The summed E-state index contributed by atoms with van der Waals surface area (Å²) >= 11 is 0. The Morgan fingerprint density at radius 3 is 2.60 bits per heavy atom. The maximum absolute atomic E-state index is 13.1. The Labute approximate surface area is 147 Å². The number of hydrogen-bond donors (Lipinski definition) is 1. The fraction of sp³-hybridized carbons (Fsp3) is 0.579. The lowest BCUT2D eigenvalue weighted by molar-refractivity contribution is -0.256. The summed E-state index contributed by atoms with van der Waals surface area (Å²) in [5.74, 6) is -1.80. The fourth-order valence-corrected chi connectivity index (χ4v) is 4.02. The van der Waals surface area contributed by atoms with E-state index in [-0.39, 0.29) is 24.4 Å². The molecule has 6 nitrogen and oxygen atoms in total. The molecule has 2 heterocycles. The molecule has 25 heavy (non-hydrogen) atoms. The molecule has 1 aromatic rings. The summed E-state index contributed by atoms with van der Waals surface area (Å²) < 4.78 is 11.6. The molecule has 0 atom stereocenters. The molecule has 1 N–H and O–H groups in total. The third-order valence-electron chi connectivity index (χ3n) is 5.25. The van der Waals surface area contributed by atoms with Crippen LogP contribution in [-0.4, -0.2) is 37.6 Å². The maximum Gasteiger partial charge on any atom is 0.293 e. The monoisotopic (exact) mass is 344 g/mol. The fourth-order valence-electron chi connectivity index (χ4n) is 4.02. The molecule has 1 saturated carbocycles. The van der Waals surface area contributed by atoms with Crippen LogP contribution in [0.15, 0.2) is 24.3 Å². The van der Waals surface area contributed by atoms with Crippen molar-refractivity contribution in [3.8, 4) is 0 Å². The number of nitrogens with zero attached hydrogens (tertiary/aromatic N) is 1. The zero-order chi connectivity index (χ0) is 17.3. The average molecular weight is 344 g/mol. The third kappa shape index (κ3) is 2.93. The second-order valence-electron chi connectivity index (χ2n) is 6.98. The summed E-state index contributed by atoms with van der Waals surface area (Å²) in [7, 11) is 0. The standard InChI is InChI=1S/C19H24N2O4/c22-17(20-14-7-2-1-3-8-14)13-21-16-10-5-4-9-15(16)19(18(21)23)24-11-6-12-25-19/h4-5,9-10,14H,1-3,6-8,11-13H2,(H,20,22). The summed E-state index contributed by atoms with van der Waals surface area (Å²) in [6.07, 6.45) is 6.35. The highest BCUT2D eigenvalue weighted by atomic mass is 16.7. The van der Waals surface area contributed by atoms with Crippen molar-refractivity contribution in [1.29, 1.82) is 0 Å². The van der Waals surface area contributed by atoms with Crippen molar-refractivity contribution >= 4 is 17.5 Å². The Bertz CT molecular complexity index is 663. The van der Waals surface area contributed by atoms with E-state index in [4.69, 9.17) is 9.47 Å². The first-order valence-electron chi connectivity index (χ1n) is 9.19. The maximum atomic E-state index is 13.1. The van der Waals surface area contributed by atoms with Crippen LogP contribution in [-0.2, 0) is 24.8 Å². The molecule has 0 aromatic heterocycles. The highest BCUT2D eigenvalue weighted by molar-refractivity contribution is 6.09. The normalized spacial score (nSPS) is 22.9. The van der Waals surface area contributed by atoms with Crippen LogP contribution < -0.4 is 10.2 Å². The van der Waals surface area contributed by atoms with Crippen molar-refractivity contribution in [2.24, 2.45) is 0 Å². The van der Waals surface area contributed by atoms with Gasteiger partial charge in [-0.2, -0.15) is 0 Å². The quantitative estimate of drug-likeness (QED) is 0.911. The van der Waals surface area contributed by atoms with Crippen LogP contribution in [0, 0.1) is 0 Å². The van der Waals surface area contributed by atoms with Crippen molar-refractivity contribution in [3.05, 3.63) is 29.8 Å². The Kier molecular flexibility index (Phi) is 4.48. The summed E-state index contributed by atoms with van der Waals surface area (Å²) in [5.41, 5.74) is 1.40. The van der Waals surface area contributed by atoms with E-state index >= 15 is 0 Å². The summed E-state index contributed by atoms with van der Waals surface area (Å²) in [4.78, 5) is 27.1.